The van der Waals surface area contributed by atoms with Crippen molar-refractivity contribution in [1.29, 1.82) is 0 Å². The molecule has 2 heterocycles. The average Bonchev–Trinajstić information content (AvgIpc) is 3.37. The Morgan fingerprint density at radius 3 is 2.45 bits per heavy atom. The predicted molar refractivity (Wildman–Crippen MR) is 110 cm³/mol. The van der Waals surface area contributed by atoms with E-state index in [-0.39, 0.29) is 20.1 Å². The Labute approximate surface area is 182 Å². The summed E-state index contributed by atoms with van der Waals surface area (Å²) in [4.78, 5) is 8.75. The zero-order valence-corrected chi connectivity index (χ0v) is 18.4. The maximum atomic E-state index is 5.45. The van der Waals surface area contributed by atoms with Crippen molar-refractivity contribution in [2.75, 3.05) is 0 Å². The first-order chi connectivity index (χ1) is 13.7. The van der Waals surface area contributed by atoms with E-state index in [1.54, 1.807) is 0 Å². The molecule has 0 N–H and O–H groups in total. The Kier molecular flexibility index (Phi) is 5.18. The summed E-state index contributed by atoms with van der Waals surface area (Å²) < 4.78 is 7.56. The van der Waals surface area contributed by atoms with Crippen LogP contribution in [0, 0.1) is 19.9 Å². The summed E-state index contributed by atoms with van der Waals surface area (Å²) in [6.45, 7) is 4.28. The summed E-state index contributed by atoms with van der Waals surface area (Å²) in [6.07, 6.45) is 5.26. The second-order valence-electron chi connectivity index (χ2n) is 6.89. The monoisotopic (exact) mass is 557 g/mol. The Hall–Kier alpha value is -3.01. The van der Waals surface area contributed by atoms with Crippen molar-refractivity contribution < 1.29 is 24.5 Å². The third kappa shape index (κ3) is 3.44. The summed E-state index contributed by atoms with van der Waals surface area (Å²) in [5, 5.41) is 0. The molecule has 3 aromatic carbocycles. The molecule has 0 saturated carbocycles. The molecule has 0 amide bonds. The number of imidazole rings is 1. The fourth-order valence-corrected chi connectivity index (χ4v) is 3.74. The van der Waals surface area contributed by atoms with Crippen LogP contribution in [0.2, 0.25) is 0 Å². The van der Waals surface area contributed by atoms with Crippen molar-refractivity contribution >= 4 is 11.1 Å². The standard InChI is InChI=1S/C24H18N3O.Ir/c1-16-12-20(18-6-4-3-5-7-18)13-17(2)23(16)27-11-10-25-24(27)19-8-9-21-22(14-19)28-15-26-21;/h3-7,9-15H,1-2H3;/q-1;. The van der Waals surface area contributed by atoms with Crippen LogP contribution in [0.5, 0.6) is 0 Å². The van der Waals surface area contributed by atoms with Crippen LogP contribution in [0.4, 0.5) is 0 Å². The number of fused-ring (bicyclic) bond motifs is 1. The zero-order chi connectivity index (χ0) is 19.1. The fourth-order valence-electron chi connectivity index (χ4n) is 3.74. The number of oxazole rings is 1. The van der Waals surface area contributed by atoms with E-state index in [0.29, 0.717) is 0 Å². The van der Waals surface area contributed by atoms with Crippen molar-refractivity contribution in [3.8, 4) is 28.2 Å². The molecule has 5 rings (SSSR count). The molecule has 0 unspecified atom stereocenters. The molecule has 145 valence electrons. The second-order valence-corrected chi connectivity index (χ2v) is 6.89. The molecule has 0 saturated heterocycles. The van der Waals surface area contributed by atoms with Gasteiger partial charge in [-0.2, -0.15) is 0 Å². The van der Waals surface area contributed by atoms with Gasteiger partial charge in [-0.05, 0) is 48.2 Å². The summed E-state index contributed by atoms with van der Waals surface area (Å²) >= 11 is 0. The van der Waals surface area contributed by atoms with Gasteiger partial charge in [-0.3, -0.25) is 9.97 Å². The minimum Gasteiger partial charge on any atom is -0.464 e. The molecule has 5 aromatic rings. The van der Waals surface area contributed by atoms with E-state index in [1.807, 2.05) is 30.6 Å². The quantitative estimate of drug-likeness (QED) is 0.266. The number of rotatable bonds is 3. The Bertz CT molecular complexity index is 1260. The van der Waals surface area contributed by atoms with E-state index >= 15 is 0 Å². The van der Waals surface area contributed by atoms with Gasteiger partial charge in [-0.1, -0.05) is 36.4 Å². The van der Waals surface area contributed by atoms with Gasteiger partial charge in [0.2, 0.25) is 0 Å². The van der Waals surface area contributed by atoms with Crippen LogP contribution in [-0.4, -0.2) is 14.5 Å². The van der Waals surface area contributed by atoms with Crippen molar-refractivity contribution in [2.24, 2.45) is 0 Å². The SMILES string of the molecule is Cc1cc(-c2ccccc2)cc(C)c1-n1ccnc1-c1[c-]cc2ncoc2c1.[Ir]. The number of benzene rings is 3. The van der Waals surface area contributed by atoms with Crippen molar-refractivity contribution in [2.45, 2.75) is 13.8 Å². The van der Waals surface area contributed by atoms with Gasteiger partial charge in [0.25, 0.3) is 0 Å². The predicted octanol–water partition coefficient (Wildman–Crippen LogP) is 5.76. The van der Waals surface area contributed by atoms with Crippen LogP contribution in [0.3, 0.4) is 0 Å². The van der Waals surface area contributed by atoms with Gasteiger partial charge in [0, 0.05) is 43.7 Å². The smallest absolute Gasteiger partial charge is 0.170 e. The molecule has 0 aliphatic heterocycles. The first kappa shape index (κ1) is 19.3. The van der Waals surface area contributed by atoms with Gasteiger partial charge in [0.1, 0.15) is 0 Å². The van der Waals surface area contributed by atoms with Gasteiger partial charge in [0.15, 0.2) is 6.39 Å². The van der Waals surface area contributed by atoms with Gasteiger partial charge in [-0.15, -0.1) is 17.7 Å². The second kappa shape index (κ2) is 7.78. The molecule has 5 heteroatoms. The van der Waals surface area contributed by atoms with E-state index in [9.17, 15) is 0 Å². The summed E-state index contributed by atoms with van der Waals surface area (Å²) in [7, 11) is 0. The van der Waals surface area contributed by atoms with E-state index in [4.69, 9.17) is 4.42 Å². The molecule has 0 bridgehead atoms. The number of hydrogen-bond donors (Lipinski definition) is 0. The van der Waals surface area contributed by atoms with E-state index in [0.717, 1.165) is 28.2 Å². The molecule has 0 atom stereocenters. The van der Waals surface area contributed by atoms with Crippen LogP contribution in [-0.2, 0) is 20.1 Å². The van der Waals surface area contributed by atoms with Crippen LogP contribution in [0.25, 0.3) is 39.3 Å². The molecule has 2 aromatic heterocycles. The van der Waals surface area contributed by atoms with Crippen molar-refractivity contribution in [3.05, 3.63) is 90.6 Å². The number of nitrogens with zero attached hydrogens (tertiary/aromatic N) is 3. The first-order valence-corrected chi connectivity index (χ1v) is 9.16. The molecule has 0 aliphatic carbocycles. The van der Waals surface area contributed by atoms with Crippen LogP contribution in [0.1, 0.15) is 11.1 Å². The number of aryl methyl sites for hydroxylation is 2. The zero-order valence-electron chi connectivity index (χ0n) is 16.0. The topological polar surface area (TPSA) is 43.9 Å². The van der Waals surface area contributed by atoms with Crippen LogP contribution < -0.4 is 0 Å². The third-order valence-corrected chi connectivity index (χ3v) is 4.98. The summed E-state index contributed by atoms with van der Waals surface area (Å²) in [6, 6.07) is 22.0. The van der Waals surface area contributed by atoms with Gasteiger partial charge in [-0.25, -0.2) is 0 Å². The van der Waals surface area contributed by atoms with E-state index in [2.05, 4.69) is 70.8 Å². The molecule has 0 fully saturated rings. The van der Waals surface area contributed by atoms with Gasteiger partial charge in [0.05, 0.1) is 11.4 Å². The van der Waals surface area contributed by atoms with E-state index < -0.39 is 0 Å². The Morgan fingerprint density at radius 2 is 1.69 bits per heavy atom. The number of aromatic nitrogens is 3. The number of hydrogen-bond acceptors (Lipinski definition) is 3. The molecule has 0 spiro atoms. The normalized spacial score (nSPS) is 10.8. The third-order valence-electron chi connectivity index (χ3n) is 4.98. The minimum atomic E-state index is 0. The molecular formula is C24H18IrN3O-. The van der Waals surface area contributed by atoms with Crippen LogP contribution in [0.15, 0.2) is 77.8 Å². The maximum absolute atomic E-state index is 5.45. The Balaban J connectivity index is 0.00000205. The minimum absolute atomic E-state index is 0. The summed E-state index contributed by atoms with van der Waals surface area (Å²) in [5.41, 5.74) is 8.36. The van der Waals surface area contributed by atoms with Crippen molar-refractivity contribution in [3.63, 3.8) is 0 Å². The van der Waals surface area contributed by atoms with Gasteiger partial charge >= 0.3 is 0 Å². The maximum Gasteiger partial charge on any atom is 0.170 e. The molecule has 29 heavy (non-hydrogen) atoms. The molecule has 1 radical (unpaired) electrons. The Morgan fingerprint density at radius 1 is 0.931 bits per heavy atom. The molecule has 0 aliphatic rings. The fraction of sp³-hybridized carbons (Fsp3) is 0.0833. The first-order valence-electron chi connectivity index (χ1n) is 9.16. The molecule has 4 nitrogen and oxygen atoms in total. The van der Waals surface area contributed by atoms with Gasteiger partial charge < -0.3 is 8.98 Å². The summed E-state index contributed by atoms with van der Waals surface area (Å²) in [5.74, 6) is 0.831. The largest absolute Gasteiger partial charge is 0.464 e. The van der Waals surface area contributed by atoms with E-state index in [1.165, 1.54) is 28.6 Å². The molecular weight excluding hydrogens is 539 g/mol. The van der Waals surface area contributed by atoms with Crippen LogP contribution >= 0.6 is 0 Å². The van der Waals surface area contributed by atoms with Crippen molar-refractivity contribution in [1.82, 2.24) is 14.5 Å². The average molecular weight is 557 g/mol.